The Morgan fingerprint density at radius 2 is 1.93 bits per heavy atom. The maximum Gasteiger partial charge on any atom is 0.416 e. The lowest BCUT2D eigenvalue weighted by atomic mass is 10.1. The molecule has 0 bridgehead atoms. The van der Waals surface area contributed by atoms with Crippen LogP contribution in [0.5, 0.6) is 0 Å². The van der Waals surface area contributed by atoms with Crippen LogP contribution in [0.2, 0.25) is 0 Å². The van der Waals surface area contributed by atoms with Crippen LogP contribution in [0.25, 0.3) is 16.7 Å². The molecular weight excluding hydrogens is 385 g/mol. The average Bonchev–Trinajstić information content (AvgIpc) is 3.25. The molecule has 2 heterocycles. The molecule has 0 atom stereocenters. The zero-order chi connectivity index (χ0) is 20.6. The van der Waals surface area contributed by atoms with Crippen LogP contribution in [-0.4, -0.2) is 20.8 Å². The fraction of sp³-hybridized carbons (Fsp3) is 0.150. The Balaban J connectivity index is 1.60. The highest BCUT2D eigenvalue weighted by atomic mass is 19.4. The lowest BCUT2D eigenvalue weighted by molar-refractivity contribution is -0.137. The van der Waals surface area contributed by atoms with Gasteiger partial charge in [-0.2, -0.15) is 18.3 Å². The lowest BCUT2D eigenvalue weighted by Crippen LogP contribution is -2.17. The molecule has 4 aromatic rings. The highest BCUT2D eigenvalue weighted by molar-refractivity contribution is 5.94. The second kappa shape index (κ2) is 7.08. The normalized spacial score (nSPS) is 11.7. The third-order valence-corrected chi connectivity index (χ3v) is 4.30. The summed E-state index contributed by atoms with van der Waals surface area (Å²) in [5, 5.41) is 11.5. The van der Waals surface area contributed by atoms with Gasteiger partial charge in [0.25, 0.3) is 0 Å². The predicted octanol–water partition coefficient (Wildman–Crippen LogP) is 4.52. The van der Waals surface area contributed by atoms with Crippen LogP contribution in [-0.2, 0) is 17.4 Å². The van der Waals surface area contributed by atoms with Crippen molar-refractivity contribution in [2.24, 2.45) is 0 Å². The fourth-order valence-corrected chi connectivity index (χ4v) is 3.00. The van der Waals surface area contributed by atoms with E-state index in [-0.39, 0.29) is 17.9 Å². The first-order valence-corrected chi connectivity index (χ1v) is 8.69. The Kier molecular flexibility index (Phi) is 4.57. The molecule has 0 unspecified atom stereocenters. The number of halogens is 3. The smallest absolute Gasteiger partial charge is 0.356 e. The summed E-state index contributed by atoms with van der Waals surface area (Å²) < 4.78 is 45.5. The van der Waals surface area contributed by atoms with Crippen LogP contribution in [0.1, 0.15) is 17.0 Å². The Bertz CT molecular complexity index is 1190. The third-order valence-electron chi connectivity index (χ3n) is 4.30. The van der Waals surface area contributed by atoms with Gasteiger partial charge in [-0.25, -0.2) is 4.68 Å². The van der Waals surface area contributed by atoms with Crippen molar-refractivity contribution in [3.8, 4) is 5.69 Å². The second-order valence-corrected chi connectivity index (χ2v) is 6.48. The number of benzene rings is 2. The Morgan fingerprint density at radius 1 is 1.14 bits per heavy atom. The number of carbonyl (C=O) groups is 1. The number of fused-ring (bicyclic) bond motifs is 1. The molecule has 1 amide bonds. The zero-order valence-electron chi connectivity index (χ0n) is 15.2. The van der Waals surface area contributed by atoms with Gasteiger partial charge in [-0.3, -0.25) is 4.79 Å². The van der Waals surface area contributed by atoms with Crippen molar-refractivity contribution in [1.29, 1.82) is 0 Å². The van der Waals surface area contributed by atoms with Crippen molar-refractivity contribution in [3.05, 3.63) is 71.5 Å². The number of rotatable bonds is 4. The molecule has 0 aliphatic carbocycles. The molecule has 0 radical (unpaired) electrons. The Hall–Kier alpha value is -3.62. The summed E-state index contributed by atoms with van der Waals surface area (Å²) in [6.45, 7) is 1.69. The molecule has 2 aromatic carbocycles. The fourth-order valence-electron chi connectivity index (χ4n) is 3.00. The summed E-state index contributed by atoms with van der Waals surface area (Å²) in [6, 6.07) is 13.5. The molecule has 9 heteroatoms. The van der Waals surface area contributed by atoms with E-state index in [1.165, 1.54) is 16.8 Å². The van der Waals surface area contributed by atoms with Crippen LogP contribution >= 0.6 is 0 Å². The SMILES string of the molecule is Cc1cc(NC(=O)Cc2noc3ccccc23)n(-c2cccc(C(F)(F)F)c2)n1. The topological polar surface area (TPSA) is 73.0 Å². The van der Waals surface area contributed by atoms with Crippen molar-refractivity contribution >= 4 is 22.7 Å². The van der Waals surface area contributed by atoms with Crippen LogP contribution in [0.15, 0.2) is 59.1 Å². The lowest BCUT2D eigenvalue weighted by Gasteiger charge is -2.11. The van der Waals surface area contributed by atoms with Gasteiger partial charge >= 0.3 is 6.18 Å². The number of amides is 1. The van der Waals surface area contributed by atoms with E-state index in [0.717, 1.165) is 17.5 Å². The van der Waals surface area contributed by atoms with Crippen LogP contribution < -0.4 is 5.32 Å². The summed E-state index contributed by atoms with van der Waals surface area (Å²) in [7, 11) is 0. The molecule has 0 spiro atoms. The molecule has 6 nitrogen and oxygen atoms in total. The van der Waals surface area contributed by atoms with E-state index >= 15 is 0 Å². The molecular formula is C20H15F3N4O2. The van der Waals surface area contributed by atoms with Gasteiger partial charge in [0, 0.05) is 11.5 Å². The quantitative estimate of drug-likeness (QED) is 0.547. The minimum Gasteiger partial charge on any atom is -0.356 e. The first kappa shape index (κ1) is 18.7. The van der Waals surface area contributed by atoms with E-state index in [1.807, 2.05) is 6.07 Å². The van der Waals surface area contributed by atoms with E-state index in [9.17, 15) is 18.0 Å². The van der Waals surface area contributed by atoms with Gasteiger partial charge < -0.3 is 9.84 Å². The van der Waals surface area contributed by atoms with E-state index in [0.29, 0.717) is 17.0 Å². The number of aromatic nitrogens is 3. The summed E-state index contributed by atoms with van der Waals surface area (Å²) in [6.07, 6.45) is -4.53. The van der Waals surface area contributed by atoms with Crippen LogP contribution in [0, 0.1) is 6.92 Å². The summed E-state index contributed by atoms with van der Waals surface area (Å²) in [5.41, 5.74) is 0.981. The number of hydrogen-bond acceptors (Lipinski definition) is 4. The summed E-state index contributed by atoms with van der Waals surface area (Å²) in [5.74, 6) is -0.128. The number of hydrogen-bond donors (Lipinski definition) is 1. The van der Waals surface area contributed by atoms with Crippen molar-refractivity contribution in [1.82, 2.24) is 14.9 Å². The molecule has 29 heavy (non-hydrogen) atoms. The predicted molar refractivity (Wildman–Crippen MR) is 99.6 cm³/mol. The highest BCUT2D eigenvalue weighted by Crippen LogP contribution is 2.31. The van der Waals surface area contributed by atoms with Crippen molar-refractivity contribution in [2.75, 3.05) is 5.32 Å². The summed E-state index contributed by atoms with van der Waals surface area (Å²) in [4.78, 5) is 12.5. The van der Waals surface area contributed by atoms with Crippen LogP contribution in [0.3, 0.4) is 0 Å². The van der Waals surface area contributed by atoms with Crippen LogP contribution in [0.4, 0.5) is 19.0 Å². The molecule has 1 N–H and O–H groups in total. The van der Waals surface area contributed by atoms with Crippen molar-refractivity contribution in [3.63, 3.8) is 0 Å². The molecule has 0 aliphatic heterocycles. The maximum atomic E-state index is 13.0. The molecule has 2 aromatic heterocycles. The van der Waals surface area contributed by atoms with E-state index < -0.39 is 17.6 Å². The van der Waals surface area contributed by atoms with Gasteiger partial charge in [0.05, 0.1) is 23.4 Å². The van der Waals surface area contributed by atoms with Gasteiger partial charge in [-0.15, -0.1) is 0 Å². The van der Waals surface area contributed by atoms with Crippen molar-refractivity contribution in [2.45, 2.75) is 19.5 Å². The third kappa shape index (κ3) is 3.84. The minimum absolute atomic E-state index is 0.0518. The molecule has 148 valence electrons. The highest BCUT2D eigenvalue weighted by Gasteiger charge is 2.30. The van der Waals surface area contributed by atoms with Gasteiger partial charge in [0.15, 0.2) is 5.58 Å². The number of anilines is 1. The minimum atomic E-state index is -4.48. The van der Waals surface area contributed by atoms with Gasteiger partial charge in [0.2, 0.25) is 5.91 Å². The first-order valence-electron chi connectivity index (χ1n) is 8.69. The van der Waals surface area contributed by atoms with E-state index in [1.54, 1.807) is 31.2 Å². The number of nitrogens with one attached hydrogen (secondary N) is 1. The molecule has 0 saturated carbocycles. The molecule has 0 fully saturated rings. The molecule has 4 rings (SSSR count). The zero-order valence-corrected chi connectivity index (χ0v) is 15.2. The number of nitrogens with zero attached hydrogens (tertiary/aromatic N) is 3. The Labute approximate surface area is 162 Å². The van der Waals surface area contributed by atoms with Gasteiger partial charge in [-0.05, 0) is 37.3 Å². The number of aryl methyl sites for hydroxylation is 1. The first-order chi connectivity index (χ1) is 13.8. The standard InChI is InChI=1S/C20H15F3N4O2/c1-12-9-18(27(25-12)14-6-4-5-13(10-14)20(21,22)23)24-19(28)11-16-15-7-2-3-8-17(15)29-26-16/h2-10H,11H2,1H3,(H,24,28). The summed E-state index contributed by atoms with van der Waals surface area (Å²) >= 11 is 0. The Morgan fingerprint density at radius 3 is 2.72 bits per heavy atom. The van der Waals surface area contributed by atoms with E-state index in [4.69, 9.17) is 4.52 Å². The molecule has 0 aliphatic rings. The molecule has 0 saturated heterocycles. The second-order valence-electron chi connectivity index (χ2n) is 6.48. The average molecular weight is 400 g/mol. The number of para-hydroxylation sites is 1. The maximum absolute atomic E-state index is 13.0. The van der Waals surface area contributed by atoms with E-state index in [2.05, 4.69) is 15.6 Å². The largest absolute Gasteiger partial charge is 0.416 e. The number of carbonyl (C=O) groups excluding carboxylic acids is 1. The monoisotopic (exact) mass is 400 g/mol. The van der Waals surface area contributed by atoms with Gasteiger partial charge in [0.1, 0.15) is 11.5 Å². The van der Waals surface area contributed by atoms with Gasteiger partial charge in [-0.1, -0.05) is 23.4 Å². The number of alkyl halides is 3. The van der Waals surface area contributed by atoms with Crippen molar-refractivity contribution < 1.29 is 22.5 Å².